The zero-order valence-corrected chi connectivity index (χ0v) is 11.8. The standard InChI is InChI=1S/C14H9F2N3O5/c15-14(16)24-13-5-4-12(19(22)23)6-9(13)8-17-10-2-1-3-11(7-10)18(20)21/h1-8,14H/b17-8+. The number of hydrogen-bond donors (Lipinski definition) is 0. The normalized spacial score (nSPS) is 11.0. The van der Waals surface area contributed by atoms with Crippen LogP contribution in [0, 0.1) is 20.2 Å². The molecule has 0 heterocycles. The van der Waals surface area contributed by atoms with Crippen molar-refractivity contribution in [1.29, 1.82) is 0 Å². The Balaban J connectivity index is 2.38. The Hall–Kier alpha value is -3.43. The van der Waals surface area contributed by atoms with Crippen molar-refractivity contribution in [3.63, 3.8) is 0 Å². The Morgan fingerprint density at radius 3 is 2.33 bits per heavy atom. The monoisotopic (exact) mass is 337 g/mol. The van der Waals surface area contributed by atoms with Gasteiger partial charge in [0, 0.05) is 36.0 Å². The predicted octanol–water partition coefficient (Wildman–Crippen LogP) is 3.86. The minimum Gasteiger partial charge on any atom is -0.434 e. The van der Waals surface area contributed by atoms with E-state index in [4.69, 9.17) is 0 Å². The molecule has 0 amide bonds. The van der Waals surface area contributed by atoms with Crippen LogP contribution < -0.4 is 4.74 Å². The summed E-state index contributed by atoms with van der Waals surface area (Å²) in [7, 11) is 0. The third-order valence-corrected chi connectivity index (χ3v) is 2.81. The zero-order chi connectivity index (χ0) is 17.7. The first-order chi connectivity index (χ1) is 11.4. The van der Waals surface area contributed by atoms with Crippen molar-refractivity contribution in [3.8, 4) is 5.75 Å². The minimum atomic E-state index is -3.11. The molecule has 2 aromatic rings. The number of aliphatic imine (C=N–C) groups is 1. The highest BCUT2D eigenvalue weighted by Crippen LogP contribution is 2.26. The molecule has 0 unspecified atom stereocenters. The van der Waals surface area contributed by atoms with Crippen molar-refractivity contribution in [2.75, 3.05) is 0 Å². The first-order valence-corrected chi connectivity index (χ1v) is 6.38. The molecule has 0 aliphatic carbocycles. The maximum Gasteiger partial charge on any atom is 0.387 e. The van der Waals surface area contributed by atoms with Gasteiger partial charge in [0.05, 0.1) is 15.5 Å². The van der Waals surface area contributed by atoms with E-state index >= 15 is 0 Å². The molecule has 124 valence electrons. The molecule has 0 saturated heterocycles. The van der Waals surface area contributed by atoms with Crippen LogP contribution in [0.15, 0.2) is 47.5 Å². The molecule has 0 aliphatic rings. The van der Waals surface area contributed by atoms with E-state index in [2.05, 4.69) is 9.73 Å². The second-order valence-electron chi connectivity index (χ2n) is 4.39. The minimum absolute atomic E-state index is 0.0593. The summed E-state index contributed by atoms with van der Waals surface area (Å²) in [6.07, 6.45) is 1.06. The third-order valence-electron chi connectivity index (χ3n) is 2.81. The van der Waals surface area contributed by atoms with Crippen molar-refractivity contribution in [2.24, 2.45) is 4.99 Å². The summed E-state index contributed by atoms with van der Waals surface area (Å²) in [4.78, 5) is 24.1. The maximum absolute atomic E-state index is 12.4. The van der Waals surface area contributed by atoms with Gasteiger partial charge in [-0.05, 0) is 12.1 Å². The number of hydrogen-bond acceptors (Lipinski definition) is 6. The molecule has 24 heavy (non-hydrogen) atoms. The molecule has 10 heteroatoms. The summed E-state index contributed by atoms with van der Waals surface area (Å²) in [5.74, 6) is -0.301. The molecule has 2 aromatic carbocycles. The summed E-state index contributed by atoms with van der Waals surface area (Å²) in [6, 6.07) is 8.34. The van der Waals surface area contributed by atoms with Gasteiger partial charge in [-0.1, -0.05) is 6.07 Å². The molecule has 8 nitrogen and oxygen atoms in total. The number of alkyl halides is 2. The Morgan fingerprint density at radius 2 is 1.71 bits per heavy atom. The number of nitrogens with zero attached hydrogens (tertiary/aromatic N) is 3. The topological polar surface area (TPSA) is 108 Å². The van der Waals surface area contributed by atoms with E-state index in [9.17, 15) is 29.0 Å². The van der Waals surface area contributed by atoms with Gasteiger partial charge in [-0.15, -0.1) is 0 Å². The highest BCUT2D eigenvalue weighted by molar-refractivity contribution is 5.86. The van der Waals surface area contributed by atoms with Gasteiger partial charge in [0.25, 0.3) is 11.4 Å². The molecule has 0 saturated carbocycles. The van der Waals surface area contributed by atoms with Gasteiger partial charge in [-0.2, -0.15) is 8.78 Å². The summed E-state index contributed by atoms with van der Waals surface area (Å²) < 4.78 is 29.1. The van der Waals surface area contributed by atoms with Crippen LogP contribution in [0.25, 0.3) is 0 Å². The van der Waals surface area contributed by atoms with Gasteiger partial charge < -0.3 is 4.74 Å². The van der Waals surface area contributed by atoms with E-state index in [1.165, 1.54) is 24.3 Å². The molecular weight excluding hydrogens is 328 g/mol. The molecule has 0 bridgehead atoms. The average molecular weight is 337 g/mol. The van der Waals surface area contributed by atoms with Crippen molar-refractivity contribution in [2.45, 2.75) is 6.61 Å². The van der Waals surface area contributed by atoms with Crippen molar-refractivity contribution >= 4 is 23.3 Å². The number of rotatable bonds is 6. The Morgan fingerprint density at radius 1 is 1.04 bits per heavy atom. The van der Waals surface area contributed by atoms with E-state index in [1.807, 2.05) is 0 Å². The zero-order valence-electron chi connectivity index (χ0n) is 11.8. The predicted molar refractivity (Wildman–Crippen MR) is 80.1 cm³/mol. The number of non-ortho nitro benzene ring substituents is 2. The van der Waals surface area contributed by atoms with Crippen LogP contribution in [0.2, 0.25) is 0 Å². The van der Waals surface area contributed by atoms with Gasteiger partial charge in [-0.25, -0.2) is 0 Å². The molecule has 0 aliphatic heterocycles. The summed E-state index contributed by atoms with van der Waals surface area (Å²) in [6.45, 7) is -3.11. The number of halogens is 2. The fourth-order valence-corrected chi connectivity index (χ4v) is 1.78. The number of benzene rings is 2. The van der Waals surface area contributed by atoms with Gasteiger partial charge in [-0.3, -0.25) is 25.2 Å². The molecule has 0 spiro atoms. The molecule has 0 fully saturated rings. The number of nitro benzene ring substituents is 2. The van der Waals surface area contributed by atoms with E-state index in [-0.39, 0.29) is 28.4 Å². The molecular formula is C14H9F2N3O5. The first-order valence-electron chi connectivity index (χ1n) is 6.38. The van der Waals surface area contributed by atoms with Gasteiger partial charge in [0.2, 0.25) is 0 Å². The highest BCUT2D eigenvalue weighted by Gasteiger charge is 2.14. The smallest absolute Gasteiger partial charge is 0.387 e. The molecule has 0 radical (unpaired) electrons. The Labute approximate surface area is 133 Å². The van der Waals surface area contributed by atoms with Gasteiger partial charge in [0.15, 0.2) is 0 Å². The van der Waals surface area contributed by atoms with E-state index < -0.39 is 16.5 Å². The SMILES string of the molecule is O=[N+]([O-])c1cccc(/N=C/c2cc([N+](=O)[O-])ccc2OC(F)F)c1. The lowest BCUT2D eigenvalue weighted by molar-refractivity contribution is -0.385. The lowest BCUT2D eigenvalue weighted by atomic mass is 10.2. The van der Waals surface area contributed by atoms with E-state index in [1.54, 1.807) is 0 Å². The van der Waals surface area contributed by atoms with Crippen LogP contribution in [0.5, 0.6) is 5.75 Å². The Kier molecular flexibility index (Phi) is 5.09. The van der Waals surface area contributed by atoms with Crippen LogP contribution in [0.4, 0.5) is 25.8 Å². The van der Waals surface area contributed by atoms with E-state index in [0.717, 1.165) is 24.4 Å². The largest absolute Gasteiger partial charge is 0.434 e. The lowest BCUT2D eigenvalue weighted by Gasteiger charge is -2.07. The van der Waals surface area contributed by atoms with Crippen LogP contribution in [-0.2, 0) is 0 Å². The highest BCUT2D eigenvalue weighted by atomic mass is 19.3. The fraction of sp³-hybridized carbons (Fsp3) is 0.0714. The van der Waals surface area contributed by atoms with Crippen LogP contribution >= 0.6 is 0 Å². The summed E-state index contributed by atoms with van der Waals surface area (Å²) in [5.41, 5.74) is -0.417. The molecule has 0 aromatic heterocycles. The van der Waals surface area contributed by atoms with Crippen LogP contribution in [-0.4, -0.2) is 22.7 Å². The number of nitro groups is 2. The summed E-state index contributed by atoms with van der Waals surface area (Å²) >= 11 is 0. The van der Waals surface area contributed by atoms with Crippen LogP contribution in [0.3, 0.4) is 0 Å². The lowest BCUT2D eigenvalue weighted by Crippen LogP contribution is -2.04. The first kappa shape index (κ1) is 16.9. The average Bonchev–Trinajstić information content (AvgIpc) is 2.53. The maximum atomic E-state index is 12.4. The third kappa shape index (κ3) is 4.29. The second kappa shape index (κ2) is 7.22. The molecule has 0 N–H and O–H groups in total. The van der Waals surface area contributed by atoms with Crippen molar-refractivity contribution in [1.82, 2.24) is 0 Å². The van der Waals surface area contributed by atoms with Crippen molar-refractivity contribution < 1.29 is 23.4 Å². The second-order valence-corrected chi connectivity index (χ2v) is 4.39. The van der Waals surface area contributed by atoms with Gasteiger partial charge in [0.1, 0.15) is 5.75 Å². The van der Waals surface area contributed by atoms with Crippen LogP contribution in [0.1, 0.15) is 5.56 Å². The van der Waals surface area contributed by atoms with Crippen molar-refractivity contribution in [3.05, 3.63) is 68.3 Å². The number of ether oxygens (including phenoxy) is 1. The fourth-order valence-electron chi connectivity index (χ4n) is 1.78. The van der Waals surface area contributed by atoms with Gasteiger partial charge >= 0.3 is 6.61 Å². The Bertz CT molecular complexity index is 811. The van der Waals surface area contributed by atoms with E-state index in [0.29, 0.717) is 0 Å². The molecule has 2 rings (SSSR count). The quantitative estimate of drug-likeness (QED) is 0.452. The summed E-state index contributed by atoms with van der Waals surface area (Å²) in [5, 5.41) is 21.5. The molecule has 0 atom stereocenters.